The van der Waals surface area contributed by atoms with Crippen molar-refractivity contribution < 1.29 is 19.8 Å². The first-order valence-corrected chi connectivity index (χ1v) is 9.45. The number of aliphatic carboxylic acids is 1. The molecular formula is C20H23N5O5. The monoisotopic (exact) mass is 413 g/mol. The Morgan fingerprint density at radius 1 is 1.20 bits per heavy atom. The van der Waals surface area contributed by atoms with E-state index in [1.165, 1.54) is 0 Å². The summed E-state index contributed by atoms with van der Waals surface area (Å²) in [5.41, 5.74) is 7.92. The molecule has 1 atom stereocenters. The molecule has 1 unspecified atom stereocenters. The normalized spacial score (nSPS) is 12.0. The average Bonchev–Trinajstić information content (AvgIpc) is 3.12. The van der Waals surface area contributed by atoms with E-state index in [1.807, 2.05) is 12.1 Å². The predicted octanol–water partition coefficient (Wildman–Crippen LogP) is 0.574. The summed E-state index contributed by atoms with van der Waals surface area (Å²) < 4.78 is 0. The molecule has 7 N–H and O–H groups in total. The molecule has 0 saturated carbocycles. The molecule has 0 aliphatic heterocycles. The van der Waals surface area contributed by atoms with Gasteiger partial charge in [0.2, 0.25) is 5.95 Å². The lowest BCUT2D eigenvalue weighted by Gasteiger charge is -2.15. The summed E-state index contributed by atoms with van der Waals surface area (Å²) >= 11 is 0. The van der Waals surface area contributed by atoms with Crippen LogP contribution in [-0.4, -0.2) is 49.7 Å². The summed E-state index contributed by atoms with van der Waals surface area (Å²) in [5.74, 6) is -1.30. The molecule has 0 radical (unpaired) electrons. The van der Waals surface area contributed by atoms with Crippen LogP contribution in [0.4, 0.5) is 5.95 Å². The first-order valence-electron chi connectivity index (χ1n) is 9.45. The van der Waals surface area contributed by atoms with Crippen LogP contribution in [0.25, 0.3) is 11.0 Å². The van der Waals surface area contributed by atoms with Crippen molar-refractivity contribution >= 4 is 28.9 Å². The highest BCUT2D eigenvalue weighted by Crippen LogP contribution is 2.16. The molecule has 158 valence electrons. The van der Waals surface area contributed by atoms with E-state index in [-0.39, 0.29) is 36.9 Å². The van der Waals surface area contributed by atoms with Gasteiger partial charge in [-0.25, -0.2) is 0 Å². The Hall–Kier alpha value is -3.66. The number of H-pyrrole nitrogens is 2. The number of benzene rings is 1. The number of aromatic amines is 2. The van der Waals surface area contributed by atoms with E-state index in [0.717, 1.165) is 11.1 Å². The summed E-state index contributed by atoms with van der Waals surface area (Å²) in [5, 5.41) is 21.1. The van der Waals surface area contributed by atoms with E-state index in [0.29, 0.717) is 29.4 Å². The SMILES string of the molecule is Nc1nc2[nH]cc(CCc3ccc(C(=O)NC(CO)CCC(=O)O)cc3)c2c(=O)[nH]1. The zero-order valence-electron chi connectivity index (χ0n) is 16.1. The van der Waals surface area contributed by atoms with Gasteiger partial charge in [0.25, 0.3) is 11.5 Å². The van der Waals surface area contributed by atoms with Gasteiger partial charge in [0, 0.05) is 18.2 Å². The molecule has 10 nitrogen and oxygen atoms in total. The van der Waals surface area contributed by atoms with Gasteiger partial charge >= 0.3 is 5.97 Å². The largest absolute Gasteiger partial charge is 0.481 e. The number of rotatable bonds is 9. The van der Waals surface area contributed by atoms with Crippen molar-refractivity contribution in [1.29, 1.82) is 0 Å². The van der Waals surface area contributed by atoms with Gasteiger partial charge in [0.05, 0.1) is 18.0 Å². The van der Waals surface area contributed by atoms with Crippen molar-refractivity contribution in [3.8, 4) is 0 Å². The number of hydrogen-bond donors (Lipinski definition) is 6. The van der Waals surface area contributed by atoms with Gasteiger partial charge in [0.1, 0.15) is 5.65 Å². The quantitative estimate of drug-likeness (QED) is 0.297. The average molecular weight is 413 g/mol. The standard InChI is InChI=1S/C20H23N5O5/c21-20-24-17-16(19(30)25-20)13(9-22-17)6-3-11-1-4-12(5-2-11)18(29)23-14(10-26)7-8-15(27)28/h1-2,4-5,9,14,26H,3,6-8,10H2,(H,23,29)(H,27,28)(H4,21,22,24,25,30). The summed E-state index contributed by atoms with van der Waals surface area (Å²) in [7, 11) is 0. The predicted molar refractivity (Wildman–Crippen MR) is 110 cm³/mol. The second-order valence-electron chi connectivity index (χ2n) is 6.97. The Labute approximate surface area is 171 Å². The minimum Gasteiger partial charge on any atom is -0.481 e. The van der Waals surface area contributed by atoms with Crippen LogP contribution in [0.1, 0.15) is 34.3 Å². The van der Waals surface area contributed by atoms with E-state index in [2.05, 4.69) is 20.3 Å². The highest BCUT2D eigenvalue weighted by molar-refractivity contribution is 5.94. The molecule has 3 aromatic rings. The maximum atomic E-state index is 12.3. The number of carbonyl (C=O) groups is 2. The van der Waals surface area contributed by atoms with Crippen molar-refractivity contribution in [2.24, 2.45) is 0 Å². The highest BCUT2D eigenvalue weighted by Gasteiger charge is 2.15. The number of nitrogens with one attached hydrogen (secondary N) is 3. The third-order valence-corrected chi connectivity index (χ3v) is 4.80. The molecule has 0 aliphatic rings. The number of nitrogens with zero attached hydrogens (tertiary/aromatic N) is 1. The third-order valence-electron chi connectivity index (χ3n) is 4.80. The van der Waals surface area contributed by atoms with Gasteiger partial charge < -0.3 is 26.2 Å². The molecule has 10 heteroatoms. The minimum atomic E-state index is -0.983. The number of aryl methyl sites for hydroxylation is 2. The van der Waals surface area contributed by atoms with Crippen LogP contribution >= 0.6 is 0 Å². The van der Waals surface area contributed by atoms with Crippen molar-refractivity contribution in [3.05, 3.63) is 57.5 Å². The van der Waals surface area contributed by atoms with Crippen molar-refractivity contribution in [2.75, 3.05) is 12.3 Å². The lowest BCUT2D eigenvalue weighted by Crippen LogP contribution is -2.37. The molecule has 1 amide bonds. The smallest absolute Gasteiger partial charge is 0.303 e. The molecule has 3 rings (SSSR count). The lowest BCUT2D eigenvalue weighted by atomic mass is 10.0. The second-order valence-corrected chi connectivity index (χ2v) is 6.97. The number of carboxylic acid groups (broad SMARTS) is 1. The maximum absolute atomic E-state index is 12.3. The third kappa shape index (κ3) is 5.03. The van der Waals surface area contributed by atoms with Gasteiger partial charge in [-0.05, 0) is 42.5 Å². The Balaban J connectivity index is 1.61. The zero-order chi connectivity index (χ0) is 21.7. The Morgan fingerprint density at radius 3 is 2.60 bits per heavy atom. The number of aromatic nitrogens is 3. The first kappa shape index (κ1) is 21.1. The summed E-state index contributed by atoms with van der Waals surface area (Å²) in [6.07, 6.45) is 3.00. The molecule has 0 aliphatic carbocycles. The summed E-state index contributed by atoms with van der Waals surface area (Å²) in [6.45, 7) is -0.332. The number of nitrogen functional groups attached to an aromatic ring is 1. The van der Waals surface area contributed by atoms with Gasteiger partial charge in [0.15, 0.2) is 0 Å². The van der Waals surface area contributed by atoms with Gasteiger partial charge in [-0.2, -0.15) is 4.98 Å². The molecule has 2 heterocycles. The fourth-order valence-electron chi connectivity index (χ4n) is 3.20. The molecule has 0 fully saturated rings. The van der Waals surface area contributed by atoms with Crippen LogP contribution in [0.15, 0.2) is 35.3 Å². The van der Waals surface area contributed by atoms with E-state index >= 15 is 0 Å². The summed E-state index contributed by atoms with van der Waals surface area (Å²) in [4.78, 5) is 44.6. The summed E-state index contributed by atoms with van der Waals surface area (Å²) in [6, 6.07) is 6.35. The highest BCUT2D eigenvalue weighted by atomic mass is 16.4. The fourth-order valence-corrected chi connectivity index (χ4v) is 3.20. The second kappa shape index (κ2) is 9.23. The minimum absolute atomic E-state index is 0.0566. The number of anilines is 1. The van der Waals surface area contributed by atoms with Gasteiger partial charge in [-0.15, -0.1) is 0 Å². The molecule has 2 aromatic heterocycles. The van der Waals surface area contributed by atoms with Gasteiger partial charge in [-0.1, -0.05) is 12.1 Å². The Bertz CT molecular complexity index is 1100. The van der Waals surface area contributed by atoms with E-state index in [4.69, 9.17) is 10.8 Å². The maximum Gasteiger partial charge on any atom is 0.303 e. The lowest BCUT2D eigenvalue weighted by molar-refractivity contribution is -0.137. The van der Waals surface area contributed by atoms with Gasteiger partial charge in [-0.3, -0.25) is 19.4 Å². The van der Waals surface area contributed by atoms with Crippen LogP contribution in [-0.2, 0) is 17.6 Å². The van der Waals surface area contributed by atoms with E-state index < -0.39 is 12.0 Å². The number of aliphatic hydroxyl groups is 1. The van der Waals surface area contributed by atoms with Crippen LogP contribution in [0.3, 0.4) is 0 Å². The number of aliphatic hydroxyl groups excluding tert-OH is 1. The number of hydrogen-bond acceptors (Lipinski definition) is 6. The van der Waals surface area contributed by atoms with E-state index in [9.17, 15) is 19.5 Å². The molecule has 30 heavy (non-hydrogen) atoms. The number of nitrogens with two attached hydrogens (primary N) is 1. The fraction of sp³-hybridized carbons (Fsp3) is 0.300. The van der Waals surface area contributed by atoms with Crippen molar-refractivity contribution in [3.63, 3.8) is 0 Å². The molecule has 0 spiro atoms. The first-order chi connectivity index (χ1) is 14.4. The molecule has 0 saturated heterocycles. The van der Waals surface area contributed by atoms with Crippen molar-refractivity contribution in [2.45, 2.75) is 31.7 Å². The zero-order valence-corrected chi connectivity index (χ0v) is 16.1. The van der Waals surface area contributed by atoms with Crippen LogP contribution in [0, 0.1) is 0 Å². The molecular weight excluding hydrogens is 390 g/mol. The number of fused-ring (bicyclic) bond motifs is 1. The van der Waals surface area contributed by atoms with Crippen LogP contribution in [0.2, 0.25) is 0 Å². The number of amides is 1. The van der Waals surface area contributed by atoms with Crippen molar-refractivity contribution in [1.82, 2.24) is 20.3 Å². The Morgan fingerprint density at radius 2 is 1.93 bits per heavy atom. The molecule has 1 aromatic carbocycles. The van der Waals surface area contributed by atoms with E-state index in [1.54, 1.807) is 18.3 Å². The molecule has 0 bridgehead atoms. The van der Waals surface area contributed by atoms with Crippen LogP contribution in [0.5, 0.6) is 0 Å². The number of carbonyl (C=O) groups excluding carboxylic acids is 1. The number of carboxylic acids is 1. The van der Waals surface area contributed by atoms with Crippen LogP contribution < -0.4 is 16.6 Å². The topological polar surface area (TPSA) is 174 Å². The Kier molecular flexibility index (Phi) is 6.48.